The molecule has 1 saturated heterocycles. The van der Waals surface area contributed by atoms with Crippen molar-refractivity contribution in [1.29, 1.82) is 0 Å². The summed E-state index contributed by atoms with van der Waals surface area (Å²) < 4.78 is 11.0. The number of benzene rings is 1. The maximum Gasteiger partial charge on any atom is 0.191 e. The molecule has 0 aromatic heterocycles. The van der Waals surface area contributed by atoms with Gasteiger partial charge in [0.2, 0.25) is 0 Å². The van der Waals surface area contributed by atoms with Gasteiger partial charge in [-0.05, 0) is 25.8 Å². The Morgan fingerprint density at radius 2 is 2.18 bits per heavy atom. The van der Waals surface area contributed by atoms with Crippen molar-refractivity contribution in [1.82, 2.24) is 10.6 Å². The molecule has 5 nitrogen and oxygen atoms in total. The van der Waals surface area contributed by atoms with Gasteiger partial charge in [0.05, 0.1) is 19.8 Å². The van der Waals surface area contributed by atoms with Crippen LogP contribution in [-0.4, -0.2) is 38.9 Å². The number of aliphatic imine (C=N–C) groups is 1. The topological polar surface area (TPSA) is 54.9 Å². The van der Waals surface area contributed by atoms with E-state index in [1.54, 1.807) is 7.11 Å². The summed E-state index contributed by atoms with van der Waals surface area (Å²) in [4.78, 5) is 4.61. The molecule has 0 bridgehead atoms. The average Bonchev–Trinajstić information content (AvgIpc) is 3.03. The molecule has 1 unspecified atom stereocenters. The lowest BCUT2D eigenvalue weighted by Gasteiger charge is -2.15. The van der Waals surface area contributed by atoms with Crippen LogP contribution in [0.4, 0.5) is 0 Å². The predicted molar refractivity (Wildman–Crippen MR) is 100 cm³/mol. The minimum atomic E-state index is 0. The van der Waals surface area contributed by atoms with Gasteiger partial charge in [0, 0.05) is 25.3 Å². The van der Waals surface area contributed by atoms with Crippen LogP contribution in [0.1, 0.15) is 25.3 Å². The van der Waals surface area contributed by atoms with Crippen LogP contribution in [0.5, 0.6) is 5.75 Å². The number of rotatable bonds is 6. The largest absolute Gasteiger partial charge is 0.496 e. The van der Waals surface area contributed by atoms with Crippen LogP contribution >= 0.6 is 24.0 Å². The second-order valence-electron chi connectivity index (χ2n) is 5.02. The van der Waals surface area contributed by atoms with Crippen LogP contribution < -0.4 is 15.4 Å². The molecule has 0 amide bonds. The highest BCUT2D eigenvalue weighted by atomic mass is 127. The van der Waals surface area contributed by atoms with Gasteiger partial charge in [0.25, 0.3) is 0 Å². The molecule has 1 aliphatic heterocycles. The fraction of sp³-hybridized carbons (Fsp3) is 0.562. The Morgan fingerprint density at radius 3 is 2.86 bits per heavy atom. The van der Waals surface area contributed by atoms with Gasteiger partial charge >= 0.3 is 0 Å². The number of para-hydroxylation sites is 1. The Morgan fingerprint density at radius 1 is 1.36 bits per heavy atom. The van der Waals surface area contributed by atoms with Crippen molar-refractivity contribution in [2.45, 2.75) is 32.4 Å². The molecule has 22 heavy (non-hydrogen) atoms. The normalized spacial score (nSPS) is 17.7. The van der Waals surface area contributed by atoms with Crippen molar-refractivity contribution in [3.8, 4) is 5.75 Å². The fourth-order valence-electron chi connectivity index (χ4n) is 2.36. The fourth-order valence-corrected chi connectivity index (χ4v) is 2.36. The van der Waals surface area contributed by atoms with Crippen molar-refractivity contribution in [2.24, 2.45) is 4.99 Å². The highest BCUT2D eigenvalue weighted by molar-refractivity contribution is 14.0. The van der Waals surface area contributed by atoms with Crippen LogP contribution in [0.2, 0.25) is 0 Å². The highest BCUT2D eigenvalue weighted by Gasteiger charge is 2.15. The second-order valence-corrected chi connectivity index (χ2v) is 5.02. The molecule has 1 atom stereocenters. The van der Waals surface area contributed by atoms with E-state index in [1.807, 2.05) is 24.3 Å². The first-order valence-corrected chi connectivity index (χ1v) is 7.59. The van der Waals surface area contributed by atoms with E-state index in [0.29, 0.717) is 12.6 Å². The zero-order chi connectivity index (χ0) is 14.9. The van der Waals surface area contributed by atoms with Gasteiger partial charge in [-0.15, -0.1) is 24.0 Å². The Balaban J connectivity index is 0.00000242. The number of hydrogen-bond acceptors (Lipinski definition) is 3. The number of methoxy groups -OCH3 is 1. The standard InChI is InChI=1S/C16H25N3O2.HI/c1-3-17-16(19-12-14-8-6-10-21-14)18-11-13-7-4-5-9-15(13)20-2;/h4-5,7,9,14H,3,6,8,10-12H2,1-2H3,(H2,17,18,19);1H. The van der Waals surface area contributed by atoms with E-state index in [0.717, 1.165) is 49.8 Å². The lowest BCUT2D eigenvalue weighted by molar-refractivity contribution is 0.114. The van der Waals surface area contributed by atoms with E-state index < -0.39 is 0 Å². The third kappa shape index (κ3) is 6.00. The first kappa shape index (κ1) is 19.0. The van der Waals surface area contributed by atoms with Crippen LogP contribution in [-0.2, 0) is 11.3 Å². The Labute approximate surface area is 149 Å². The summed E-state index contributed by atoms with van der Waals surface area (Å²) in [6, 6.07) is 7.95. The summed E-state index contributed by atoms with van der Waals surface area (Å²) in [5.74, 6) is 1.69. The van der Waals surface area contributed by atoms with Crippen molar-refractivity contribution in [3.63, 3.8) is 0 Å². The molecule has 1 aromatic carbocycles. The average molecular weight is 419 g/mol. The zero-order valence-electron chi connectivity index (χ0n) is 13.3. The lowest BCUT2D eigenvalue weighted by atomic mass is 10.2. The molecule has 1 aromatic rings. The molecule has 2 rings (SSSR count). The van der Waals surface area contributed by atoms with E-state index in [1.165, 1.54) is 0 Å². The van der Waals surface area contributed by atoms with Gasteiger partial charge in [0.1, 0.15) is 5.75 Å². The third-order valence-corrected chi connectivity index (χ3v) is 3.47. The minimum absolute atomic E-state index is 0. The number of nitrogens with one attached hydrogen (secondary N) is 2. The maximum absolute atomic E-state index is 5.62. The van der Waals surface area contributed by atoms with Crippen molar-refractivity contribution < 1.29 is 9.47 Å². The zero-order valence-corrected chi connectivity index (χ0v) is 15.6. The SMILES string of the molecule is CCNC(=NCc1ccccc1OC)NCC1CCCO1.I. The summed E-state index contributed by atoms with van der Waals surface area (Å²) in [5, 5.41) is 6.60. The molecule has 0 aliphatic carbocycles. The molecule has 1 heterocycles. The predicted octanol–water partition coefficient (Wildman–Crippen LogP) is 2.55. The number of nitrogens with zero attached hydrogens (tertiary/aromatic N) is 1. The highest BCUT2D eigenvalue weighted by Crippen LogP contribution is 2.17. The van der Waals surface area contributed by atoms with Crippen molar-refractivity contribution in [2.75, 3.05) is 26.8 Å². The molecule has 1 fully saturated rings. The van der Waals surface area contributed by atoms with Gasteiger partial charge in [0.15, 0.2) is 5.96 Å². The summed E-state index contributed by atoms with van der Waals surface area (Å²) in [6.07, 6.45) is 2.58. The summed E-state index contributed by atoms with van der Waals surface area (Å²) >= 11 is 0. The first-order valence-electron chi connectivity index (χ1n) is 7.59. The van der Waals surface area contributed by atoms with Gasteiger partial charge in [-0.2, -0.15) is 0 Å². The summed E-state index contributed by atoms with van der Waals surface area (Å²) in [5.41, 5.74) is 1.08. The second kappa shape index (κ2) is 10.7. The quantitative estimate of drug-likeness (QED) is 0.423. The molecule has 6 heteroatoms. The Kier molecular flexibility index (Phi) is 9.22. The molecule has 0 spiro atoms. The maximum atomic E-state index is 5.62. The van der Waals surface area contributed by atoms with E-state index in [-0.39, 0.29) is 24.0 Å². The number of guanidine groups is 1. The van der Waals surface area contributed by atoms with Crippen LogP contribution in [0.15, 0.2) is 29.3 Å². The van der Waals surface area contributed by atoms with E-state index in [2.05, 4.69) is 22.5 Å². The monoisotopic (exact) mass is 419 g/mol. The van der Waals surface area contributed by atoms with Crippen molar-refractivity contribution >= 4 is 29.9 Å². The number of ether oxygens (including phenoxy) is 2. The molecular formula is C16H26IN3O2. The van der Waals surface area contributed by atoms with E-state index >= 15 is 0 Å². The molecule has 0 radical (unpaired) electrons. The molecule has 1 aliphatic rings. The van der Waals surface area contributed by atoms with Crippen LogP contribution in [0.3, 0.4) is 0 Å². The Bertz CT molecular complexity index is 462. The lowest BCUT2D eigenvalue weighted by Crippen LogP contribution is -2.41. The number of hydrogen-bond donors (Lipinski definition) is 2. The van der Waals surface area contributed by atoms with Crippen LogP contribution in [0, 0.1) is 0 Å². The van der Waals surface area contributed by atoms with Crippen LogP contribution in [0.25, 0.3) is 0 Å². The van der Waals surface area contributed by atoms with Crippen molar-refractivity contribution in [3.05, 3.63) is 29.8 Å². The molecule has 0 saturated carbocycles. The van der Waals surface area contributed by atoms with E-state index in [4.69, 9.17) is 9.47 Å². The van der Waals surface area contributed by atoms with E-state index in [9.17, 15) is 0 Å². The van der Waals surface area contributed by atoms with Gasteiger partial charge < -0.3 is 20.1 Å². The molecular weight excluding hydrogens is 393 g/mol. The smallest absolute Gasteiger partial charge is 0.191 e. The van der Waals surface area contributed by atoms with Gasteiger partial charge in [-0.1, -0.05) is 18.2 Å². The first-order chi connectivity index (χ1) is 10.3. The third-order valence-electron chi connectivity index (χ3n) is 3.47. The summed E-state index contributed by atoms with van der Waals surface area (Å²) in [6.45, 7) is 5.17. The molecule has 124 valence electrons. The minimum Gasteiger partial charge on any atom is -0.496 e. The van der Waals surface area contributed by atoms with Gasteiger partial charge in [-0.3, -0.25) is 0 Å². The van der Waals surface area contributed by atoms with Gasteiger partial charge in [-0.25, -0.2) is 4.99 Å². The summed E-state index contributed by atoms with van der Waals surface area (Å²) in [7, 11) is 1.68. The Hall–Kier alpha value is -1.02. The molecule has 2 N–H and O–H groups in total. The number of halogens is 1.